The Labute approximate surface area is 294 Å². The van der Waals surface area contributed by atoms with Gasteiger partial charge in [-0.25, -0.2) is 0 Å². The Hall–Kier alpha value is -1.13. The molecule has 0 spiro atoms. The third kappa shape index (κ3) is 36.0. The smallest absolute Gasteiger partial charge is 0.220 e. The molecule has 2 atom stereocenters. The first-order valence-electron chi connectivity index (χ1n) is 21.1. The van der Waals surface area contributed by atoms with Crippen LogP contribution in [-0.2, 0) is 4.79 Å². The van der Waals surface area contributed by atoms with Crippen molar-refractivity contribution in [2.45, 2.75) is 238 Å². The summed E-state index contributed by atoms with van der Waals surface area (Å²) in [5, 5.41) is 22.5. The lowest BCUT2D eigenvalue weighted by molar-refractivity contribution is -0.123. The highest BCUT2D eigenvalue weighted by Gasteiger charge is 2.17. The summed E-state index contributed by atoms with van der Waals surface area (Å²) in [6.45, 7) is 4.14. The highest BCUT2D eigenvalue weighted by molar-refractivity contribution is 5.76. The van der Waals surface area contributed by atoms with Gasteiger partial charge in [0.1, 0.15) is 0 Å². The quantitative estimate of drug-likeness (QED) is 0.0455. The van der Waals surface area contributed by atoms with Crippen molar-refractivity contribution in [3.05, 3.63) is 24.3 Å². The fraction of sp³-hybridized carbons (Fsp3) is 0.884. The second-order valence-corrected chi connectivity index (χ2v) is 14.4. The minimum Gasteiger partial charge on any atom is -0.394 e. The summed E-state index contributed by atoms with van der Waals surface area (Å²) >= 11 is 0. The van der Waals surface area contributed by atoms with Crippen LogP contribution in [0, 0.1) is 0 Å². The Morgan fingerprint density at radius 2 is 0.830 bits per heavy atom. The molecule has 278 valence electrons. The van der Waals surface area contributed by atoms with E-state index in [9.17, 15) is 15.0 Å². The number of rotatable bonds is 38. The number of nitrogens with one attached hydrogen (secondary N) is 1. The van der Waals surface area contributed by atoms with Gasteiger partial charge >= 0.3 is 0 Å². The number of amides is 1. The third-order valence-electron chi connectivity index (χ3n) is 9.69. The molecule has 1 amide bonds. The molecule has 4 heteroatoms. The van der Waals surface area contributed by atoms with E-state index >= 15 is 0 Å². The van der Waals surface area contributed by atoms with Crippen molar-refractivity contribution in [2.24, 2.45) is 0 Å². The number of hydrogen-bond donors (Lipinski definition) is 3. The number of allylic oxidation sites excluding steroid dienone is 3. The van der Waals surface area contributed by atoms with Crippen LogP contribution < -0.4 is 5.32 Å². The van der Waals surface area contributed by atoms with Crippen LogP contribution in [0.1, 0.15) is 226 Å². The SMILES string of the molecule is CCCCCCCCCCCCCCCCCCCCCCCCCCCC/C=C/CC/C=C/C(O)C(CO)NC(=O)CCCCC. The fourth-order valence-electron chi connectivity index (χ4n) is 6.43. The molecule has 0 saturated heterocycles. The molecule has 0 rings (SSSR count). The van der Waals surface area contributed by atoms with E-state index in [4.69, 9.17) is 0 Å². The number of hydrogen-bond acceptors (Lipinski definition) is 3. The minimum absolute atomic E-state index is 0.0982. The Bertz CT molecular complexity index is 676. The zero-order valence-corrected chi connectivity index (χ0v) is 31.8. The van der Waals surface area contributed by atoms with E-state index in [2.05, 4.69) is 31.3 Å². The van der Waals surface area contributed by atoms with Crippen LogP contribution in [0.4, 0.5) is 0 Å². The van der Waals surface area contributed by atoms with E-state index in [-0.39, 0.29) is 12.5 Å². The van der Waals surface area contributed by atoms with E-state index in [1.165, 1.54) is 167 Å². The lowest BCUT2D eigenvalue weighted by Gasteiger charge is -2.19. The fourth-order valence-corrected chi connectivity index (χ4v) is 6.43. The van der Waals surface area contributed by atoms with Crippen LogP contribution in [-0.4, -0.2) is 34.9 Å². The lowest BCUT2D eigenvalue weighted by atomic mass is 10.0. The number of aliphatic hydroxyl groups excluding tert-OH is 2. The van der Waals surface area contributed by atoms with Crippen molar-refractivity contribution in [3.8, 4) is 0 Å². The first-order chi connectivity index (χ1) is 23.2. The summed E-state index contributed by atoms with van der Waals surface area (Å²) < 4.78 is 0. The van der Waals surface area contributed by atoms with Gasteiger partial charge in [-0.15, -0.1) is 0 Å². The van der Waals surface area contributed by atoms with Crippen LogP contribution in [0.3, 0.4) is 0 Å². The predicted octanol–water partition coefficient (Wildman–Crippen LogP) is 12.8. The van der Waals surface area contributed by atoms with Gasteiger partial charge in [0.15, 0.2) is 0 Å². The highest BCUT2D eigenvalue weighted by Crippen LogP contribution is 2.16. The molecular weight excluding hydrogens is 578 g/mol. The van der Waals surface area contributed by atoms with Gasteiger partial charge in [-0.2, -0.15) is 0 Å². The predicted molar refractivity (Wildman–Crippen MR) is 207 cm³/mol. The lowest BCUT2D eigenvalue weighted by Crippen LogP contribution is -2.45. The van der Waals surface area contributed by atoms with Gasteiger partial charge < -0.3 is 15.5 Å². The Kier molecular flexibility index (Phi) is 38.4. The molecule has 4 nitrogen and oxygen atoms in total. The maximum atomic E-state index is 11.9. The van der Waals surface area contributed by atoms with Crippen LogP contribution in [0.25, 0.3) is 0 Å². The first-order valence-corrected chi connectivity index (χ1v) is 21.1. The molecule has 3 N–H and O–H groups in total. The molecule has 0 aromatic rings. The van der Waals surface area contributed by atoms with Gasteiger partial charge in [0.25, 0.3) is 0 Å². The van der Waals surface area contributed by atoms with Gasteiger partial charge in [0.2, 0.25) is 5.91 Å². The zero-order valence-electron chi connectivity index (χ0n) is 31.8. The summed E-state index contributed by atoms with van der Waals surface area (Å²) in [6, 6.07) is -0.630. The largest absolute Gasteiger partial charge is 0.394 e. The van der Waals surface area contributed by atoms with E-state index < -0.39 is 12.1 Å². The number of aliphatic hydroxyl groups is 2. The maximum Gasteiger partial charge on any atom is 0.220 e. The van der Waals surface area contributed by atoms with E-state index in [1.807, 2.05) is 6.08 Å². The average molecular weight is 662 g/mol. The molecule has 0 aromatic carbocycles. The van der Waals surface area contributed by atoms with Crippen molar-refractivity contribution < 1.29 is 15.0 Å². The second kappa shape index (κ2) is 39.3. The summed E-state index contributed by atoms with van der Waals surface area (Å²) in [5.41, 5.74) is 0. The van der Waals surface area contributed by atoms with Crippen molar-refractivity contribution in [1.29, 1.82) is 0 Å². The molecular formula is C43H83NO3. The summed E-state index contributed by atoms with van der Waals surface area (Å²) in [6.07, 6.45) is 51.0. The number of carbonyl (C=O) groups excluding carboxylic acids is 1. The molecule has 0 aliphatic heterocycles. The average Bonchev–Trinajstić information content (AvgIpc) is 3.07. The third-order valence-corrected chi connectivity index (χ3v) is 9.69. The van der Waals surface area contributed by atoms with E-state index in [0.717, 1.165) is 38.5 Å². The monoisotopic (exact) mass is 662 g/mol. The topological polar surface area (TPSA) is 69.6 Å². The number of carbonyl (C=O) groups is 1. The Morgan fingerprint density at radius 1 is 0.489 bits per heavy atom. The molecule has 0 aliphatic carbocycles. The van der Waals surface area contributed by atoms with Crippen molar-refractivity contribution in [3.63, 3.8) is 0 Å². The summed E-state index contributed by atoms with van der Waals surface area (Å²) in [4.78, 5) is 11.9. The van der Waals surface area contributed by atoms with Gasteiger partial charge in [-0.3, -0.25) is 4.79 Å². The maximum absolute atomic E-state index is 11.9. The number of unbranched alkanes of at least 4 members (excludes halogenated alkanes) is 29. The van der Waals surface area contributed by atoms with Gasteiger partial charge in [-0.1, -0.05) is 212 Å². The summed E-state index contributed by atoms with van der Waals surface area (Å²) in [5.74, 6) is -0.0982. The zero-order chi connectivity index (χ0) is 34.3. The molecule has 47 heavy (non-hydrogen) atoms. The summed E-state index contributed by atoms with van der Waals surface area (Å²) in [7, 11) is 0. The second-order valence-electron chi connectivity index (χ2n) is 14.4. The van der Waals surface area contributed by atoms with Crippen molar-refractivity contribution in [2.75, 3.05) is 6.61 Å². The first kappa shape index (κ1) is 45.9. The standard InChI is InChI=1S/C43H83NO3/c1-3-5-7-8-9-10-11-12-13-14-15-16-17-18-19-20-21-22-23-24-25-26-27-28-29-30-31-32-33-34-35-37-38-42(46)41(40-45)44-43(47)39-36-6-4-2/h32-33,37-38,41-42,45-46H,3-31,34-36,39-40H2,1-2H3,(H,44,47)/b33-32+,38-37+. The van der Waals surface area contributed by atoms with Crippen LogP contribution >= 0.6 is 0 Å². The Balaban J connectivity index is 3.35. The van der Waals surface area contributed by atoms with Crippen LogP contribution in [0.15, 0.2) is 24.3 Å². The molecule has 0 saturated carbocycles. The Morgan fingerprint density at radius 3 is 1.23 bits per heavy atom. The van der Waals surface area contributed by atoms with Crippen LogP contribution in [0.2, 0.25) is 0 Å². The molecule has 0 aromatic heterocycles. The van der Waals surface area contributed by atoms with Gasteiger partial charge in [0, 0.05) is 6.42 Å². The minimum atomic E-state index is -0.854. The van der Waals surface area contributed by atoms with Crippen molar-refractivity contribution >= 4 is 5.91 Å². The molecule has 0 bridgehead atoms. The molecule has 0 heterocycles. The van der Waals surface area contributed by atoms with E-state index in [1.54, 1.807) is 6.08 Å². The van der Waals surface area contributed by atoms with Crippen LogP contribution in [0.5, 0.6) is 0 Å². The molecule has 2 unspecified atom stereocenters. The van der Waals surface area contributed by atoms with Gasteiger partial charge in [0.05, 0.1) is 18.8 Å². The van der Waals surface area contributed by atoms with Gasteiger partial charge in [-0.05, 0) is 32.1 Å². The molecule has 0 radical (unpaired) electrons. The molecule has 0 aliphatic rings. The highest BCUT2D eigenvalue weighted by atomic mass is 16.3. The van der Waals surface area contributed by atoms with Crippen molar-refractivity contribution in [1.82, 2.24) is 5.32 Å². The molecule has 0 fully saturated rings. The van der Waals surface area contributed by atoms with E-state index in [0.29, 0.717) is 6.42 Å². The normalized spacial score (nSPS) is 13.2.